The second kappa shape index (κ2) is 9.48. The highest BCUT2D eigenvalue weighted by Crippen LogP contribution is 2.33. The lowest BCUT2D eigenvalue weighted by Gasteiger charge is -2.03. The first-order valence-corrected chi connectivity index (χ1v) is 12.4. The van der Waals surface area contributed by atoms with Gasteiger partial charge >= 0.3 is 0 Å². The second-order valence-corrected chi connectivity index (χ2v) is 9.60. The average molecular weight is 551 g/mol. The van der Waals surface area contributed by atoms with Crippen molar-refractivity contribution in [2.45, 2.75) is 6.42 Å². The van der Waals surface area contributed by atoms with Gasteiger partial charge in [-0.3, -0.25) is 9.89 Å². The lowest BCUT2D eigenvalue weighted by atomic mass is 10.1. The third kappa shape index (κ3) is 4.66. The fraction of sp³-hybridized carbons (Fsp3) is 0.0345. The number of aromatic nitrogens is 4. The van der Waals surface area contributed by atoms with Gasteiger partial charge < -0.3 is 10.2 Å². The first-order valence-electron chi connectivity index (χ1n) is 11.6. The quantitative estimate of drug-likeness (QED) is 0.263. The number of rotatable bonds is 6. The van der Waals surface area contributed by atoms with Gasteiger partial charge in [0.15, 0.2) is 18.0 Å². The Balaban J connectivity index is 1.32. The number of nitrogens with one attached hydrogen (secondary N) is 1. The van der Waals surface area contributed by atoms with Crippen molar-refractivity contribution in [2.75, 3.05) is 0 Å². The van der Waals surface area contributed by atoms with Gasteiger partial charge in [0.05, 0.1) is 28.3 Å². The maximum atomic E-state index is 11.4. The standard InChI is InChI=1S/C29H20BrN5O2/c30-22-12-18(13-27(31)36)16-35(17-22)23-9-6-20(7-10-23)28-24(15-32-34-28)29-33-25-14-21(8-11-26(25)37-29)19-4-2-1-3-5-19/h1-12,14-17H,13H2,(H2-,31,32,33,34,36)/p+1. The highest BCUT2D eigenvalue weighted by atomic mass is 79.9. The van der Waals surface area contributed by atoms with E-state index in [2.05, 4.69) is 38.3 Å². The van der Waals surface area contributed by atoms with E-state index in [9.17, 15) is 4.79 Å². The van der Waals surface area contributed by atoms with Crippen LogP contribution in [-0.4, -0.2) is 21.1 Å². The van der Waals surface area contributed by atoms with Crippen molar-refractivity contribution in [1.29, 1.82) is 0 Å². The molecule has 37 heavy (non-hydrogen) atoms. The molecular weight excluding hydrogens is 530 g/mol. The molecule has 3 N–H and O–H groups in total. The maximum absolute atomic E-state index is 11.4. The van der Waals surface area contributed by atoms with Crippen LogP contribution in [0.4, 0.5) is 0 Å². The summed E-state index contributed by atoms with van der Waals surface area (Å²) in [4.78, 5) is 16.1. The molecule has 7 nitrogen and oxygen atoms in total. The summed E-state index contributed by atoms with van der Waals surface area (Å²) in [5, 5.41) is 7.35. The second-order valence-electron chi connectivity index (χ2n) is 8.69. The molecule has 1 amide bonds. The Bertz CT molecular complexity index is 1740. The van der Waals surface area contributed by atoms with Crippen molar-refractivity contribution < 1.29 is 13.8 Å². The number of pyridine rings is 1. The first-order chi connectivity index (χ1) is 18.0. The van der Waals surface area contributed by atoms with E-state index in [4.69, 9.17) is 15.1 Å². The van der Waals surface area contributed by atoms with Crippen LogP contribution in [0.5, 0.6) is 0 Å². The number of primary amides is 1. The zero-order valence-corrected chi connectivity index (χ0v) is 21.1. The number of hydrogen-bond acceptors (Lipinski definition) is 4. The predicted octanol–water partition coefficient (Wildman–Crippen LogP) is 5.62. The monoisotopic (exact) mass is 550 g/mol. The largest absolute Gasteiger partial charge is 0.436 e. The number of aromatic amines is 1. The van der Waals surface area contributed by atoms with Gasteiger partial charge in [-0.1, -0.05) is 36.4 Å². The van der Waals surface area contributed by atoms with E-state index in [1.54, 1.807) is 6.20 Å². The van der Waals surface area contributed by atoms with Gasteiger partial charge in [-0.2, -0.15) is 9.67 Å². The van der Waals surface area contributed by atoms with Crippen LogP contribution in [0.3, 0.4) is 0 Å². The van der Waals surface area contributed by atoms with Crippen LogP contribution < -0.4 is 10.3 Å². The summed E-state index contributed by atoms with van der Waals surface area (Å²) in [6.45, 7) is 0. The minimum atomic E-state index is -0.373. The Morgan fingerprint density at radius 2 is 1.73 bits per heavy atom. The first kappa shape index (κ1) is 22.9. The topological polar surface area (TPSA) is 102 Å². The molecule has 0 aliphatic heterocycles. The van der Waals surface area contributed by atoms with Crippen molar-refractivity contribution in [3.8, 4) is 39.5 Å². The van der Waals surface area contributed by atoms with E-state index in [1.165, 1.54) is 0 Å². The minimum Gasteiger partial charge on any atom is -0.436 e. The average Bonchev–Trinajstić information content (AvgIpc) is 3.55. The number of carbonyl (C=O) groups is 1. The van der Waals surface area contributed by atoms with Crippen LogP contribution in [-0.2, 0) is 11.2 Å². The fourth-order valence-corrected chi connectivity index (χ4v) is 4.88. The van der Waals surface area contributed by atoms with Crippen molar-refractivity contribution in [2.24, 2.45) is 5.73 Å². The highest BCUT2D eigenvalue weighted by Gasteiger charge is 2.18. The predicted molar refractivity (Wildman–Crippen MR) is 145 cm³/mol. The summed E-state index contributed by atoms with van der Waals surface area (Å²) in [5.41, 5.74) is 13.4. The van der Waals surface area contributed by atoms with Crippen molar-refractivity contribution >= 4 is 32.9 Å². The molecule has 0 spiro atoms. The number of carbonyl (C=O) groups excluding carboxylic acids is 1. The SMILES string of the molecule is NC(=O)Cc1cc(Br)c[n+](-c2ccc(-c3[nH]ncc3-c3nc4cc(-c5ccccc5)ccc4o3)cc2)c1. The fourth-order valence-electron chi connectivity index (χ4n) is 4.37. The molecule has 0 bridgehead atoms. The van der Waals surface area contributed by atoms with Gasteiger partial charge in [0.2, 0.25) is 17.5 Å². The summed E-state index contributed by atoms with van der Waals surface area (Å²) >= 11 is 3.51. The van der Waals surface area contributed by atoms with Gasteiger partial charge in [0.1, 0.15) is 5.52 Å². The Morgan fingerprint density at radius 1 is 0.946 bits per heavy atom. The van der Waals surface area contributed by atoms with Crippen molar-refractivity contribution in [3.05, 3.63) is 107 Å². The zero-order valence-electron chi connectivity index (χ0n) is 19.6. The zero-order chi connectivity index (χ0) is 25.4. The molecule has 180 valence electrons. The molecule has 0 saturated carbocycles. The number of nitrogens with zero attached hydrogens (tertiary/aromatic N) is 3. The molecule has 3 aromatic heterocycles. The van der Waals surface area contributed by atoms with Gasteiger partial charge in [0.25, 0.3) is 0 Å². The van der Waals surface area contributed by atoms with Crippen LogP contribution in [0.15, 0.2) is 106 Å². The van der Waals surface area contributed by atoms with E-state index in [0.29, 0.717) is 5.89 Å². The van der Waals surface area contributed by atoms with E-state index < -0.39 is 0 Å². The maximum Gasteiger partial charge on any atom is 0.231 e. The Labute approximate surface area is 220 Å². The molecule has 6 aromatic rings. The molecule has 0 saturated heterocycles. The summed E-state index contributed by atoms with van der Waals surface area (Å²) in [6, 6.07) is 26.1. The molecule has 0 atom stereocenters. The molecule has 0 fully saturated rings. The van der Waals surface area contributed by atoms with Crippen LogP contribution in [0.25, 0.3) is 50.6 Å². The van der Waals surface area contributed by atoms with E-state index in [0.717, 1.165) is 54.8 Å². The van der Waals surface area contributed by atoms with Gasteiger partial charge in [-0.15, -0.1) is 0 Å². The smallest absolute Gasteiger partial charge is 0.231 e. The summed E-state index contributed by atoms with van der Waals surface area (Å²) < 4.78 is 8.91. The molecular formula is C29H21BrN5O2+. The number of hydrogen-bond donors (Lipinski definition) is 2. The number of benzene rings is 3. The molecule has 8 heteroatoms. The lowest BCUT2D eigenvalue weighted by Crippen LogP contribution is -2.31. The Hall–Kier alpha value is -4.56. The number of nitrogens with two attached hydrogens (primary N) is 1. The molecule has 6 rings (SSSR count). The van der Waals surface area contributed by atoms with Gasteiger partial charge in [0, 0.05) is 23.3 Å². The molecule has 0 radical (unpaired) electrons. The molecule has 0 unspecified atom stereocenters. The number of fused-ring (bicyclic) bond motifs is 1. The summed E-state index contributed by atoms with van der Waals surface area (Å²) in [7, 11) is 0. The lowest BCUT2D eigenvalue weighted by molar-refractivity contribution is -0.596. The van der Waals surface area contributed by atoms with Crippen molar-refractivity contribution in [3.63, 3.8) is 0 Å². The number of oxazole rings is 1. The third-order valence-corrected chi connectivity index (χ3v) is 6.52. The van der Waals surface area contributed by atoms with Crippen molar-refractivity contribution in [1.82, 2.24) is 15.2 Å². The summed E-state index contributed by atoms with van der Waals surface area (Å²) in [6.07, 6.45) is 5.73. The van der Waals surface area contributed by atoms with Crippen LogP contribution in [0, 0.1) is 0 Å². The number of halogens is 1. The normalized spacial score (nSPS) is 11.2. The summed E-state index contributed by atoms with van der Waals surface area (Å²) in [5.74, 6) is 0.132. The highest BCUT2D eigenvalue weighted by molar-refractivity contribution is 9.10. The van der Waals surface area contributed by atoms with E-state index >= 15 is 0 Å². The minimum absolute atomic E-state index is 0.173. The van der Waals surface area contributed by atoms with Crippen LogP contribution >= 0.6 is 15.9 Å². The number of amides is 1. The van der Waals surface area contributed by atoms with Gasteiger partial charge in [-0.05, 0) is 57.4 Å². The van der Waals surface area contributed by atoms with Crippen LogP contribution in [0.1, 0.15) is 5.56 Å². The Morgan fingerprint density at radius 3 is 2.51 bits per heavy atom. The molecule has 3 heterocycles. The van der Waals surface area contributed by atoms with E-state index in [-0.39, 0.29) is 12.3 Å². The van der Waals surface area contributed by atoms with Crippen LogP contribution in [0.2, 0.25) is 0 Å². The van der Waals surface area contributed by atoms with E-state index in [1.807, 2.05) is 83.7 Å². The third-order valence-electron chi connectivity index (χ3n) is 6.09. The number of H-pyrrole nitrogens is 1. The molecule has 0 aliphatic rings. The Kier molecular flexibility index (Phi) is 5.86. The molecule has 3 aromatic carbocycles. The van der Waals surface area contributed by atoms with Gasteiger partial charge in [-0.25, -0.2) is 4.98 Å². The molecule has 0 aliphatic carbocycles.